The first kappa shape index (κ1) is 19.8. The number of aryl methyl sites for hydroxylation is 1. The van der Waals surface area contributed by atoms with Crippen LogP contribution >= 0.6 is 0 Å². The van der Waals surface area contributed by atoms with E-state index in [0.717, 1.165) is 12.1 Å². The summed E-state index contributed by atoms with van der Waals surface area (Å²) in [5.41, 5.74) is 0.618. The Balaban J connectivity index is 1.58. The predicted molar refractivity (Wildman–Crippen MR) is 106 cm³/mol. The summed E-state index contributed by atoms with van der Waals surface area (Å²) in [5, 5.41) is 6.38. The molecule has 0 saturated heterocycles. The Labute approximate surface area is 171 Å². The van der Waals surface area contributed by atoms with Crippen LogP contribution in [0.5, 0.6) is 11.6 Å². The molecule has 156 valence electrons. The Bertz CT molecular complexity index is 1080. The smallest absolute Gasteiger partial charge is 0.276 e. The highest BCUT2D eigenvalue weighted by molar-refractivity contribution is 6.03. The Kier molecular flexibility index (Phi) is 5.35. The van der Waals surface area contributed by atoms with Crippen molar-refractivity contribution in [3.63, 3.8) is 0 Å². The van der Waals surface area contributed by atoms with Gasteiger partial charge >= 0.3 is 0 Å². The molecule has 2 aromatic heterocycles. The van der Waals surface area contributed by atoms with Crippen molar-refractivity contribution in [3.05, 3.63) is 53.9 Å². The normalized spacial score (nSPS) is 13.2. The molecule has 0 spiro atoms. The number of carbonyl (C=O) groups excluding carboxylic acids is 1. The highest BCUT2D eigenvalue weighted by atomic mass is 19.1. The van der Waals surface area contributed by atoms with E-state index in [4.69, 9.17) is 9.47 Å². The lowest BCUT2D eigenvalue weighted by atomic mass is 10.1. The van der Waals surface area contributed by atoms with Gasteiger partial charge in [0.1, 0.15) is 23.1 Å². The molecule has 0 atom stereocenters. The summed E-state index contributed by atoms with van der Waals surface area (Å²) in [5.74, 6) is -0.921. The van der Waals surface area contributed by atoms with Gasteiger partial charge in [0.25, 0.3) is 5.91 Å². The van der Waals surface area contributed by atoms with E-state index in [2.05, 4.69) is 15.4 Å². The number of nitrogens with one attached hydrogen (secondary N) is 1. The minimum Gasteiger partial charge on any atom is -0.496 e. The number of halogens is 2. The van der Waals surface area contributed by atoms with Gasteiger partial charge in [0.2, 0.25) is 5.88 Å². The van der Waals surface area contributed by atoms with Crippen LogP contribution in [0.15, 0.2) is 36.5 Å². The highest BCUT2D eigenvalue weighted by Gasteiger charge is 2.23. The van der Waals surface area contributed by atoms with E-state index in [1.807, 2.05) is 0 Å². The standard InChI is InChI=1S/C21H20F2N4O3/c1-27-17(13-10-24-19(9-18(13)29-2)30-11-12-6-7-12)8-16(26-27)21(28)25-20-14(22)4-3-5-15(20)23/h3-5,8-10,12H,6-7,11H2,1-2H3,(H,25,28). The third-order valence-corrected chi connectivity index (χ3v) is 4.81. The van der Waals surface area contributed by atoms with Crippen LogP contribution in [0.2, 0.25) is 0 Å². The number of pyridine rings is 1. The van der Waals surface area contributed by atoms with Crippen molar-refractivity contribution in [3.8, 4) is 22.9 Å². The number of ether oxygens (including phenoxy) is 2. The Morgan fingerprint density at radius 2 is 2.00 bits per heavy atom. The fraction of sp³-hybridized carbons (Fsp3) is 0.286. The topological polar surface area (TPSA) is 78.3 Å². The van der Waals surface area contributed by atoms with Crippen LogP contribution in [0.4, 0.5) is 14.5 Å². The molecule has 0 radical (unpaired) electrons. The second-order valence-corrected chi connectivity index (χ2v) is 7.07. The van der Waals surface area contributed by atoms with Gasteiger partial charge in [-0.25, -0.2) is 13.8 Å². The first-order valence-electron chi connectivity index (χ1n) is 9.43. The van der Waals surface area contributed by atoms with Crippen LogP contribution < -0.4 is 14.8 Å². The molecule has 1 aromatic carbocycles. The van der Waals surface area contributed by atoms with Crippen LogP contribution in [0.3, 0.4) is 0 Å². The van der Waals surface area contributed by atoms with E-state index in [9.17, 15) is 13.6 Å². The minimum absolute atomic E-state index is 0.00809. The molecule has 9 heteroatoms. The molecule has 3 aromatic rings. The van der Waals surface area contributed by atoms with Gasteiger partial charge in [0, 0.05) is 19.3 Å². The SMILES string of the molecule is COc1cc(OCC2CC2)ncc1-c1cc(C(=O)Nc2c(F)cccc2F)nn1C. The number of benzene rings is 1. The third kappa shape index (κ3) is 4.10. The molecule has 1 N–H and O–H groups in total. The van der Waals surface area contributed by atoms with E-state index in [0.29, 0.717) is 35.4 Å². The quantitative estimate of drug-likeness (QED) is 0.636. The van der Waals surface area contributed by atoms with Gasteiger partial charge in [-0.1, -0.05) is 6.07 Å². The average Bonchev–Trinajstić information content (AvgIpc) is 3.49. The van der Waals surface area contributed by atoms with Crippen molar-refractivity contribution in [2.75, 3.05) is 19.0 Å². The van der Waals surface area contributed by atoms with Crippen molar-refractivity contribution in [2.24, 2.45) is 13.0 Å². The predicted octanol–water partition coefficient (Wildman–Crippen LogP) is 3.81. The maximum absolute atomic E-state index is 13.8. The maximum Gasteiger partial charge on any atom is 0.276 e. The Hall–Kier alpha value is -3.49. The summed E-state index contributed by atoms with van der Waals surface area (Å²) in [6, 6.07) is 6.52. The second-order valence-electron chi connectivity index (χ2n) is 7.07. The molecule has 1 fully saturated rings. The Morgan fingerprint density at radius 1 is 1.27 bits per heavy atom. The van der Waals surface area contributed by atoms with Gasteiger partial charge in [-0.15, -0.1) is 0 Å². The number of para-hydroxylation sites is 1. The molecule has 1 aliphatic carbocycles. The van der Waals surface area contributed by atoms with Gasteiger partial charge in [-0.05, 0) is 37.0 Å². The fourth-order valence-corrected chi connectivity index (χ4v) is 2.97. The summed E-state index contributed by atoms with van der Waals surface area (Å²) >= 11 is 0. The molecule has 30 heavy (non-hydrogen) atoms. The van der Waals surface area contributed by atoms with E-state index in [1.165, 1.54) is 36.8 Å². The van der Waals surface area contributed by atoms with Crippen LogP contribution in [0, 0.1) is 17.6 Å². The van der Waals surface area contributed by atoms with Crippen LogP contribution in [-0.2, 0) is 7.05 Å². The summed E-state index contributed by atoms with van der Waals surface area (Å²) in [4.78, 5) is 16.8. The van der Waals surface area contributed by atoms with Crippen molar-refractivity contribution in [1.82, 2.24) is 14.8 Å². The number of hydrogen-bond acceptors (Lipinski definition) is 5. The first-order valence-corrected chi connectivity index (χ1v) is 9.43. The average molecular weight is 414 g/mol. The fourth-order valence-electron chi connectivity index (χ4n) is 2.97. The molecule has 1 aliphatic rings. The molecule has 1 amide bonds. The van der Waals surface area contributed by atoms with Gasteiger partial charge in [0.05, 0.1) is 25.0 Å². The molecular formula is C21H20F2N4O3. The van der Waals surface area contributed by atoms with E-state index >= 15 is 0 Å². The maximum atomic E-state index is 13.8. The van der Waals surface area contributed by atoms with Gasteiger partial charge in [-0.2, -0.15) is 5.10 Å². The lowest BCUT2D eigenvalue weighted by molar-refractivity contribution is 0.102. The molecule has 4 rings (SSSR count). The molecule has 7 nitrogen and oxygen atoms in total. The summed E-state index contributed by atoms with van der Waals surface area (Å²) in [6.07, 6.45) is 3.92. The lowest BCUT2D eigenvalue weighted by Gasteiger charge is -2.11. The molecule has 0 bridgehead atoms. The van der Waals surface area contributed by atoms with Crippen LogP contribution in [0.25, 0.3) is 11.3 Å². The van der Waals surface area contributed by atoms with E-state index in [1.54, 1.807) is 19.3 Å². The largest absolute Gasteiger partial charge is 0.496 e. The van der Waals surface area contributed by atoms with E-state index < -0.39 is 23.2 Å². The summed E-state index contributed by atoms with van der Waals surface area (Å²) in [7, 11) is 3.17. The monoisotopic (exact) mass is 414 g/mol. The van der Waals surface area contributed by atoms with Crippen LogP contribution in [-0.4, -0.2) is 34.4 Å². The zero-order valence-corrected chi connectivity index (χ0v) is 16.5. The second kappa shape index (κ2) is 8.10. The molecule has 2 heterocycles. The highest BCUT2D eigenvalue weighted by Crippen LogP contribution is 2.34. The number of aromatic nitrogens is 3. The number of rotatable bonds is 7. The Morgan fingerprint density at radius 3 is 2.67 bits per heavy atom. The summed E-state index contributed by atoms with van der Waals surface area (Å²) in [6.45, 7) is 0.623. The van der Waals surface area contributed by atoms with Crippen molar-refractivity contribution in [1.29, 1.82) is 0 Å². The number of anilines is 1. The van der Waals surface area contributed by atoms with Crippen molar-refractivity contribution in [2.45, 2.75) is 12.8 Å². The number of nitrogens with zero attached hydrogens (tertiary/aromatic N) is 3. The van der Waals surface area contributed by atoms with Crippen molar-refractivity contribution >= 4 is 11.6 Å². The van der Waals surface area contributed by atoms with Crippen molar-refractivity contribution < 1.29 is 23.0 Å². The van der Waals surface area contributed by atoms with Gasteiger partial charge < -0.3 is 14.8 Å². The van der Waals surface area contributed by atoms with Gasteiger partial charge in [-0.3, -0.25) is 9.48 Å². The molecule has 0 aliphatic heterocycles. The number of hydrogen-bond donors (Lipinski definition) is 1. The van der Waals surface area contributed by atoms with Crippen LogP contribution in [0.1, 0.15) is 23.3 Å². The summed E-state index contributed by atoms with van der Waals surface area (Å²) < 4.78 is 40.2. The minimum atomic E-state index is -0.868. The van der Waals surface area contributed by atoms with E-state index in [-0.39, 0.29) is 5.69 Å². The van der Waals surface area contributed by atoms with Gasteiger partial charge in [0.15, 0.2) is 5.69 Å². The lowest BCUT2D eigenvalue weighted by Crippen LogP contribution is -2.15. The third-order valence-electron chi connectivity index (χ3n) is 4.81. The molecule has 1 saturated carbocycles. The number of amides is 1. The zero-order chi connectivity index (χ0) is 21.3. The zero-order valence-electron chi connectivity index (χ0n) is 16.5. The number of carbonyl (C=O) groups is 1. The molecule has 0 unspecified atom stereocenters. The number of methoxy groups -OCH3 is 1. The first-order chi connectivity index (χ1) is 14.5. The molecular weight excluding hydrogens is 394 g/mol.